The lowest BCUT2D eigenvalue weighted by atomic mass is 10.1. The van der Waals surface area contributed by atoms with Crippen molar-refractivity contribution in [2.45, 2.75) is 26.3 Å². The molecular formula is C11H13FN2S. The summed E-state index contributed by atoms with van der Waals surface area (Å²) in [4.78, 5) is 4.33. The minimum atomic E-state index is -0.241. The van der Waals surface area contributed by atoms with Gasteiger partial charge in [-0.05, 0) is 32.9 Å². The van der Waals surface area contributed by atoms with Crippen LogP contribution >= 0.6 is 11.3 Å². The Bertz CT molecular complexity index is 485. The average Bonchev–Trinajstić information content (AvgIpc) is 2.42. The largest absolute Gasteiger partial charge is 0.357 e. The second kappa shape index (κ2) is 3.45. The molecule has 0 bridgehead atoms. The van der Waals surface area contributed by atoms with E-state index in [1.54, 1.807) is 17.4 Å². The molecule has 1 aromatic heterocycles. The zero-order chi connectivity index (χ0) is 11.1. The zero-order valence-electron chi connectivity index (χ0n) is 8.97. The highest BCUT2D eigenvalue weighted by molar-refractivity contribution is 7.22. The minimum absolute atomic E-state index is 0.0214. The molecule has 0 fully saturated rings. The molecule has 0 amide bonds. The summed E-state index contributed by atoms with van der Waals surface area (Å²) >= 11 is 1.54. The summed E-state index contributed by atoms with van der Waals surface area (Å²) in [5, 5.41) is 4.11. The van der Waals surface area contributed by atoms with Gasteiger partial charge in [0.05, 0.1) is 10.2 Å². The summed E-state index contributed by atoms with van der Waals surface area (Å²) in [7, 11) is 0. The maximum atomic E-state index is 12.9. The first-order valence-corrected chi connectivity index (χ1v) is 5.60. The van der Waals surface area contributed by atoms with Crippen LogP contribution in [0.4, 0.5) is 9.52 Å². The Morgan fingerprint density at radius 2 is 2.07 bits per heavy atom. The Labute approximate surface area is 92.1 Å². The number of halogens is 1. The number of thiazole rings is 1. The van der Waals surface area contributed by atoms with E-state index in [-0.39, 0.29) is 11.4 Å². The third-order valence-electron chi connectivity index (χ3n) is 1.83. The van der Waals surface area contributed by atoms with Crippen molar-refractivity contribution in [3.63, 3.8) is 0 Å². The number of hydrogen-bond acceptors (Lipinski definition) is 3. The molecule has 1 aromatic carbocycles. The first-order valence-electron chi connectivity index (χ1n) is 4.78. The monoisotopic (exact) mass is 224 g/mol. The van der Waals surface area contributed by atoms with E-state index < -0.39 is 0 Å². The van der Waals surface area contributed by atoms with E-state index in [1.807, 2.05) is 0 Å². The van der Waals surface area contributed by atoms with Crippen LogP contribution in [0.2, 0.25) is 0 Å². The second-order valence-corrected chi connectivity index (χ2v) is 5.54. The summed E-state index contributed by atoms with van der Waals surface area (Å²) in [5.41, 5.74) is 0.693. The van der Waals surface area contributed by atoms with Crippen LogP contribution in [0.1, 0.15) is 20.8 Å². The van der Waals surface area contributed by atoms with Gasteiger partial charge in [0.15, 0.2) is 5.13 Å². The van der Waals surface area contributed by atoms with Crippen LogP contribution < -0.4 is 5.32 Å². The van der Waals surface area contributed by atoms with Crippen molar-refractivity contribution in [3.8, 4) is 0 Å². The number of aromatic nitrogens is 1. The van der Waals surface area contributed by atoms with E-state index in [0.29, 0.717) is 5.52 Å². The van der Waals surface area contributed by atoms with Crippen LogP contribution in [-0.4, -0.2) is 10.5 Å². The predicted octanol–water partition coefficient (Wildman–Crippen LogP) is 3.65. The fourth-order valence-corrected chi connectivity index (χ4v) is 2.33. The standard InChI is InChI=1S/C11H13FN2S/c1-11(2,3)14-10-13-8-6-7(12)4-5-9(8)15-10/h4-6H,1-3H3,(H,13,14). The van der Waals surface area contributed by atoms with Crippen LogP contribution in [0, 0.1) is 5.82 Å². The fourth-order valence-electron chi connectivity index (χ4n) is 1.27. The molecule has 0 aliphatic rings. The smallest absolute Gasteiger partial charge is 0.184 e. The number of anilines is 1. The van der Waals surface area contributed by atoms with Crippen LogP contribution in [0.5, 0.6) is 0 Å². The molecule has 1 heterocycles. The molecule has 0 aliphatic carbocycles. The number of nitrogens with zero attached hydrogens (tertiary/aromatic N) is 1. The molecule has 0 atom stereocenters. The van der Waals surface area contributed by atoms with Crippen molar-refractivity contribution in [3.05, 3.63) is 24.0 Å². The lowest BCUT2D eigenvalue weighted by Crippen LogP contribution is -2.25. The normalized spacial score (nSPS) is 12.0. The highest BCUT2D eigenvalue weighted by Crippen LogP contribution is 2.28. The molecule has 0 radical (unpaired) electrons. The van der Waals surface area contributed by atoms with Gasteiger partial charge >= 0.3 is 0 Å². The van der Waals surface area contributed by atoms with Gasteiger partial charge in [-0.15, -0.1) is 0 Å². The topological polar surface area (TPSA) is 24.9 Å². The molecule has 0 saturated carbocycles. The minimum Gasteiger partial charge on any atom is -0.357 e. The fraction of sp³-hybridized carbons (Fsp3) is 0.364. The third kappa shape index (κ3) is 2.45. The lowest BCUT2D eigenvalue weighted by Gasteiger charge is -2.19. The second-order valence-electron chi connectivity index (χ2n) is 4.51. The SMILES string of the molecule is CC(C)(C)Nc1nc2cc(F)ccc2s1. The predicted molar refractivity (Wildman–Crippen MR) is 63.0 cm³/mol. The van der Waals surface area contributed by atoms with Crippen molar-refractivity contribution in [1.82, 2.24) is 4.98 Å². The number of fused-ring (bicyclic) bond motifs is 1. The van der Waals surface area contributed by atoms with E-state index in [1.165, 1.54) is 12.1 Å². The number of hydrogen-bond donors (Lipinski definition) is 1. The molecule has 0 aliphatic heterocycles. The molecule has 2 aromatic rings. The quantitative estimate of drug-likeness (QED) is 0.799. The van der Waals surface area contributed by atoms with E-state index in [9.17, 15) is 4.39 Å². The van der Waals surface area contributed by atoms with E-state index >= 15 is 0 Å². The zero-order valence-corrected chi connectivity index (χ0v) is 9.78. The van der Waals surface area contributed by atoms with Crippen molar-refractivity contribution in [2.75, 3.05) is 5.32 Å². The van der Waals surface area contributed by atoms with Crippen molar-refractivity contribution in [2.24, 2.45) is 0 Å². The average molecular weight is 224 g/mol. The van der Waals surface area contributed by atoms with Crippen molar-refractivity contribution >= 4 is 26.7 Å². The van der Waals surface area contributed by atoms with Crippen LogP contribution in [-0.2, 0) is 0 Å². The lowest BCUT2D eigenvalue weighted by molar-refractivity contribution is 0.629. The Kier molecular flexibility index (Phi) is 2.38. The number of nitrogens with one attached hydrogen (secondary N) is 1. The van der Waals surface area contributed by atoms with Gasteiger partial charge in [-0.1, -0.05) is 11.3 Å². The number of benzene rings is 1. The Balaban J connectivity index is 2.39. The van der Waals surface area contributed by atoms with Crippen LogP contribution in [0.15, 0.2) is 18.2 Å². The molecule has 0 spiro atoms. The van der Waals surface area contributed by atoms with Gasteiger partial charge in [-0.3, -0.25) is 0 Å². The first kappa shape index (κ1) is 10.4. The first-order chi connectivity index (χ1) is 6.94. The highest BCUT2D eigenvalue weighted by atomic mass is 32.1. The molecule has 2 nitrogen and oxygen atoms in total. The van der Waals surface area contributed by atoms with Gasteiger partial charge in [0.2, 0.25) is 0 Å². The summed E-state index contributed by atoms with van der Waals surface area (Å²) in [6, 6.07) is 4.68. The molecule has 0 saturated heterocycles. The Hall–Kier alpha value is -1.16. The third-order valence-corrected chi connectivity index (χ3v) is 2.78. The van der Waals surface area contributed by atoms with Gasteiger partial charge in [0, 0.05) is 11.6 Å². The van der Waals surface area contributed by atoms with Crippen molar-refractivity contribution in [1.29, 1.82) is 0 Å². The molecule has 0 unspecified atom stereocenters. The van der Waals surface area contributed by atoms with Gasteiger partial charge < -0.3 is 5.32 Å². The molecule has 1 N–H and O–H groups in total. The van der Waals surface area contributed by atoms with Gasteiger partial charge in [0.1, 0.15) is 5.82 Å². The maximum Gasteiger partial charge on any atom is 0.184 e. The van der Waals surface area contributed by atoms with Crippen LogP contribution in [0.3, 0.4) is 0 Å². The van der Waals surface area contributed by atoms with Gasteiger partial charge in [0.25, 0.3) is 0 Å². The summed E-state index contributed by atoms with van der Waals surface area (Å²) in [6.45, 7) is 6.21. The molecule has 2 rings (SSSR count). The maximum absolute atomic E-state index is 12.9. The van der Waals surface area contributed by atoms with Crippen LogP contribution in [0.25, 0.3) is 10.2 Å². The van der Waals surface area contributed by atoms with E-state index in [0.717, 1.165) is 9.83 Å². The molecule has 80 valence electrons. The van der Waals surface area contributed by atoms with Gasteiger partial charge in [-0.2, -0.15) is 0 Å². The highest BCUT2D eigenvalue weighted by Gasteiger charge is 2.12. The Morgan fingerprint density at radius 3 is 2.73 bits per heavy atom. The van der Waals surface area contributed by atoms with Gasteiger partial charge in [-0.25, -0.2) is 9.37 Å². The molecule has 4 heteroatoms. The van der Waals surface area contributed by atoms with Crippen molar-refractivity contribution < 1.29 is 4.39 Å². The van der Waals surface area contributed by atoms with E-state index in [2.05, 4.69) is 31.1 Å². The summed E-state index contributed by atoms with van der Waals surface area (Å²) in [6.07, 6.45) is 0. The summed E-state index contributed by atoms with van der Waals surface area (Å²) < 4.78 is 13.9. The molecule has 15 heavy (non-hydrogen) atoms. The molecular weight excluding hydrogens is 211 g/mol. The Morgan fingerprint density at radius 1 is 1.33 bits per heavy atom. The summed E-state index contributed by atoms with van der Waals surface area (Å²) in [5.74, 6) is -0.241. The number of rotatable bonds is 1. The van der Waals surface area contributed by atoms with E-state index in [4.69, 9.17) is 0 Å².